The maximum Gasteiger partial charge on any atom is 0.0678 e. The predicted octanol–water partition coefficient (Wildman–Crippen LogP) is 3.34. The van der Waals surface area contributed by atoms with Gasteiger partial charge in [-0.3, -0.25) is 0 Å². The molecule has 2 atom stereocenters. The van der Waals surface area contributed by atoms with Gasteiger partial charge in [0, 0.05) is 0 Å². The summed E-state index contributed by atoms with van der Waals surface area (Å²) in [7, 11) is 0. The van der Waals surface area contributed by atoms with Crippen LogP contribution in [0.25, 0.3) is 0 Å². The molecule has 1 nitrogen and oxygen atoms in total. The van der Waals surface area contributed by atoms with Crippen molar-refractivity contribution >= 4 is 11.6 Å². The number of benzene rings is 1. The van der Waals surface area contributed by atoms with Crippen LogP contribution in [0.4, 0.5) is 0 Å². The van der Waals surface area contributed by atoms with Crippen LogP contribution in [0.1, 0.15) is 37.8 Å². The van der Waals surface area contributed by atoms with E-state index in [1.807, 2.05) is 0 Å². The molecule has 0 spiro atoms. The Balaban J connectivity index is 2.64. The summed E-state index contributed by atoms with van der Waals surface area (Å²) in [5.74, 6) is 0.558. The molecule has 2 unspecified atom stereocenters. The Morgan fingerprint density at radius 1 is 1.13 bits per heavy atom. The molecular formula is C13H19ClO. The lowest BCUT2D eigenvalue weighted by atomic mass is 9.99. The summed E-state index contributed by atoms with van der Waals surface area (Å²) >= 11 is 6.00. The molecule has 15 heavy (non-hydrogen) atoms. The van der Waals surface area contributed by atoms with E-state index in [0.29, 0.717) is 5.92 Å². The Hall–Kier alpha value is -0.530. The summed E-state index contributed by atoms with van der Waals surface area (Å²) in [4.78, 5) is 0. The first-order valence-electron chi connectivity index (χ1n) is 5.41. The number of hydrogen-bond acceptors (Lipinski definition) is 1. The molecule has 1 N–H and O–H groups in total. The Labute approximate surface area is 97.1 Å². The molecular weight excluding hydrogens is 208 g/mol. The number of halogens is 1. The highest BCUT2D eigenvalue weighted by Crippen LogP contribution is 2.17. The van der Waals surface area contributed by atoms with Gasteiger partial charge < -0.3 is 5.11 Å². The molecule has 0 aliphatic heterocycles. The van der Waals surface area contributed by atoms with E-state index < -0.39 is 6.10 Å². The third-order valence-corrected chi connectivity index (χ3v) is 3.12. The van der Waals surface area contributed by atoms with Crippen LogP contribution in [-0.2, 0) is 6.42 Å². The Morgan fingerprint density at radius 2 is 1.67 bits per heavy atom. The van der Waals surface area contributed by atoms with Crippen molar-refractivity contribution in [2.45, 2.75) is 44.6 Å². The molecule has 0 saturated heterocycles. The second kappa shape index (κ2) is 5.53. The number of aliphatic hydroxyl groups is 1. The lowest BCUT2D eigenvalue weighted by Crippen LogP contribution is -2.19. The Kier molecular flexibility index (Phi) is 4.62. The zero-order valence-corrected chi connectivity index (χ0v) is 10.3. The van der Waals surface area contributed by atoms with Gasteiger partial charge in [-0.1, -0.05) is 38.1 Å². The van der Waals surface area contributed by atoms with Crippen LogP contribution >= 0.6 is 11.6 Å². The molecule has 0 bridgehead atoms. The zero-order chi connectivity index (χ0) is 11.4. The van der Waals surface area contributed by atoms with E-state index in [2.05, 4.69) is 38.1 Å². The number of aliphatic hydroxyl groups excluding tert-OH is 1. The van der Waals surface area contributed by atoms with Gasteiger partial charge in [0.15, 0.2) is 0 Å². The molecule has 1 aromatic carbocycles. The highest BCUT2D eigenvalue weighted by molar-refractivity contribution is 6.21. The molecule has 0 aliphatic rings. The van der Waals surface area contributed by atoms with Crippen LogP contribution in [-0.4, -0.2) is 16.6 Å². The van der Waals surface area contributed by atoms with Crippen molar-refractivity contribution in [2.24, 2.45) is 0 Å². The molecule has 2 heteroatoms. The fraction of sp³-hybridized carbons (Fsp3) is 0.538. The fourth-order valence-corrected chi connectivity index (χ4v) is 1.61. The summed E-state index contributed by atoms with van der Waals surface area (Å²) in [5.41, 5.74) is 2.52. The van der Waals surface area contributed by atoms with Gasteiger partial charge in [0.25, 0.3) is 0 Å². The third kappa shape index (κ3) is 3.84. The van der Waals surface area contributed by atoms with Gasteiger partial charge in [-0.15, -0.1) is 11.6 Å². The van der Waals surface area contributed by atoms with E-state index in [1.54, 1.807) is 6.92 Å². The zero-order valence-electron chi connectivity index (χ0n) is 9.57. The summed E-state index contributed by atoms with van der Waals surface area (Å²) in [5, 5.41) is 9.09. The minimum absolute atomic E-state index is 0.199. The first-order valence-corrected chi connectivity index (χ1v) is 5.85. The topological polar surface area (TPSA) is 20.2 Å². The third-order valence-electron chi connectivity index (χ3n) is 2.60. The van der Waals surface area contributed by atoms with E-state index in [9.17, 15) is 5.11 Å². The van der Waals surface area contributed by atoms with Gasteiger partial charge in [0.1, 0.15) is 0 Å². The normalized spacial score (nSPS) is 15.3. The maximum atomic E-state index is 9.29. The van der Waals surface area contributed by atoms with E-state index >= 15 is 0 Å². The minimum atomic E-state index is -0.462. The fourth-order valence-electron chi connectivity index (χ4n) is 1.43. The molecule has 1 aromatic rings. The maximum absolute atomic E-state index is 9.29. The summed E-state index contributed by atoms with van der Waals surface area (Å²) in [6, 6.07) is 8.44. The molecule has 0 fully saturated rings. The van der Waals surface area contributed by atoms with Crippen LogP contribution < -0.4 is 0 Å². The van der Waals surface area contributed by atoms with E-state index in [4.69, 9.17) is 11.6 Å². The average Bonchev–Trinajstić information content (AvgIpc) is 2.18. The van der Waals surface area contributed by atoms with Crippen molar-refractivity contribution < 1.29 is 5.11 Å². The molecule has 0 amide bonds. The standard InChI is InChI=1S/C13H19ClO/c1-9(2)12-6-4-11(5-7-12)8-13(14)10(3)15/h4-7,9-10,13,15H,8H2,1-3H3. The smallest absolute Gasteiger partial charge is 0.0678 e. The quantitative estimate of drug-likeness (QED) is 0.781. The lowest BCUT2D eigenvalue weighted by molar-refractivity contribution is 0.188. The molecule has 0 aliphatic carbocycles. The van der Waals surface area contributed by atoms with Gasteiger partial charge in [-0.25, -0.2) is 0 Å². The first kappa shape index (κ1) is 12.5. The number of rotatable bonds is 4. The van der Waals surface area contributed by atoms with Crippen molar-refractivity contribution in [3.05, 3.63) is 35.4 Å². The highest BCUT2D eigenvalue weighted by Gasteiger charge is 2.11. The Morgan fingerprint density at radius 3 is 2.07 bits per heavy atom. The van der Waals surface area contributed by atoms with Gasteiger partial charge in [0.05, 0.1) is 11.5 Å². The largest absolute Gasteiger partial charge is 0.392 e. The first-order chi connectivity index (χ1) is 7.00. The molecule has 1 rings (SSSR count). The van der Waals surface area contributed by atoms with Crippen molar-refractivity contribution in [1.29, 1.82) is 0 Å². The van der Waals surface area contributed by atoms with Gasteiger partial charge in [-0.05, 0) is 30.4 Å². The number of alkyl halides is 1. The predicted molar refractivity (Wildman–Crippen MR) is 65.6 cm³/mol. The van der Waals surface area contributed by atoms with Crippen molar-refractivity contribution in [2.75, 3.05) is 0 Å². The van der Waals surface area contributed by atoms with Crippen LogP contribution in [0.2, 0.25) is 0 Å². The van der Waals surface area contributed by atoms with Crippen LogP contribution in [0, 0.1) is 0 Å². The number of hydrogen-bond donors (Lipinski definition) is 1. The second-order valence-electron chi connectivity index (χ2n) is 4.36. The van der Waals surface area contributed by atoms with E-state index in [0.717, 1.165) is 6.42 Å². The van der Waals surface area contributed by atoms with E-state index in [1.165, 1.54) is 11.1 Å². The van der Waals surface area contributed by atoms with Crippen molar-refractivity contribution in [3.8, 4) is 0 Å². The van der Waals surface area contributed by atoms with Gasteiger partial charge >= 0.3 is 0 Å². The molecule has 84 valence electrons. The molecule has 0 aromatic heterocycles. The summed E-state index contributed by atoms with van der Waals surface area (Å²) in [6.45, 7) is 6.07. The summed E-state index contributed by atoms with van der Waals surface area (Å²) in [6.07, 6.45) is 0.258. The molecule has 0 heterocycles. The SMILES string of the molecule is CC(C)c1ccc(CC(Cl)C(C)O)cc1. The van der Waals surface area contributed by atoms with Crippen LogP contribution in [0.3, 0.4) is 0 Å². The monoisotopic (exact) mass is 226 g/mol. The van der Waals surface area contributed by atoms with Gasteiger partial charge in [0.2, 0.25) is 0 Å². The van der Waals surface area contributed by atoms with Crippen LogP contribution in [0.15, 0.2) is 24.3 Å². The molecule has 0 saturated carbocycles. The lowest BCUT2D eigenvalue weighted by Gasteiger charge is -2.13. The van der Waals surface area contributed by atoms with Crippen molar-refractivity contribution in [1.82, 2.24) is 0 Å². The van der Waals surface area contributed by atoms with Gasteiger partial charge in [-0.2, -0.15) is 0 Å². The minimum Gasteiger partial charge on any atom is -0.392 e. The summed E-state index contributed by atoms with van der Waals surface area (Å²) < 4.78 is 0. The van der Waals surface area contributed by atoms with Crippen molar-refractivity contribution in [3.63, 3.8) is 0 Å². The Bertz CT molecular complexity index is 290. The average molecular weight is 227 g/mol. The molecule has 0 radical (unpaired) electrons. The van der Waals surface area contributed by atoms with E-state index in [-0.39, 0.29) is 5.38 Å². The van der Waals surface area contributed by atoms with Crippen LogP contribution in [0.5, 0.6) is 0 Å². The highest BCUT2D eigenvalue weighted by atomic mass is 35.5. The second-order valence-corrected chi connectivity index (χ2v) is 4.92.